The van der Waals surface area contributed by atoms with Crippen LogP contribution in [0.2, 0.25) is 0 Å². The molecule has 64 valence electrons. The van der Waals surface area contributed by atoms with Crippen LogP contribution in [0.15, 0.2) is 0 Å². The average molecular weight is 175 g/mol. The van der Waals surface area contributed by atoms with Crippen LogP contribution in [-0.2, 0) is 4.79 Å². The zero-order chi connectivity index (χ0) is 8.48. The smallest absolute Gasteiger partial charge is 0.132 e. The molecule has 0 aromatic heterocycles. The minimum Gasteiger partial charge on any atom is -0.300 e. The molecule has 0 bridgehead atoms. The van der Waals surface area contributed by atoms with Crippen molar-refractivity contribution in [1.29, 1.82) is 0 Å². The van der Waals surface area contributed by atoms with E-state index in [9.17, 15) is 4.79 Å². The van der Waals surface area contributed by atoms with Crippen molar-refractivity contribution in [1.82, 2.24) is 0 Å². The molecule has 0 N–H and O–H groups in total. The van der Waals surface area contributed by atoms with E-state index in [1.807, 2.05) is 13.8 Å². The molecular formula is C9H15ClO. The van der Waals surface area contributed by atoms with E-state index in [1.165, 1.54) is 0 Å². The van der Waals surface area contributed by atoms with E-state index in [1.54, 1.807) is 0 Å². The highest BCUT2D eigenvalue weighted by atomic mass is 35.5. The van der Waals surface area contributed by atoms with E-state index >= 15 is 0 Å². The summed E-state index contributed by atoms with van der Waals surface area (Å²) in [6.07, 6.45) is 3.44. The predicted octanol–water partition coefficient (Wildman–Crippen LogP) is 2.76. The Morgan fingerprint density at radius 3 is 2.18 bits per heavy atom. The Morgan fingerprint density at radius 2 is 1.82 bits per heavy atom. The third-order valence-electron chi connectivity index (χ3n) is 2.51. The molecule has 0 atom stereocenters. The first-order valence-electron chi connectivity index (χ1n) is 4.21. The molecule has 0 amide bonds. The van der Waals surface area contributed by atoms with Crippen LogP contribution in [0.5, 0.6) is 0 Å². The second-order valence-corrected chi connectivity index (χ2v) is 4.85. The first-order valence-corrected chi connectivity index (χ1v) is 4.58. The maximum absolute atomic E-state index is 10.9. The van der Waals surface area contributed by atoms with Crippen molar-refractivity contribution in [3.05, 3.63) is 0 Å². The second kappa shape index (κ2) is 3.14. The SMILES string of the molecule is CC(C)(Cl)C1CCC(=O)CC1. The first-order chi connectivity index (χ1) is 5.00. The van der Waals surface area contributed by atoms with Crippen LogP contribution in [0.4, 0.5) is 0 Å². The Bertz CT molecular complexity index is 147. The highest BCUT2D eigenvalue weighted by Crippen LogP contribution is 2.35. The standard InChI is InChI=1S/C9H15ClO/c1-9(2,10)7-3-5-8(11)6-4-7/h7H,3-6H2,1-2H3. The molecule has 0 saturated heterocycles. The monoisotopic (exact) mass is 174 g/mol. The number of halogens is 1. The van der Waals surface area contributed by atoms with Gasteiger partial charge in [0, 0.05) is 17.7 Å². The van der Waals surface area contributed by atoms with E-state index < -0.39 is 0 Å². The molecule has 2 heteroatoms. The number of rotatable bonds is 1. The van der Waals surface area contributed by atoms with Crippen molar-refractivity contribution in [3.63, 3.8) is 0 Å². The number of Topliss-reactive ketones (excluding diaryl/α,β-unsaturated/α-hetero) is 1. The van der Waals surface area contributed by atoms with Crippen LogP contribution < -0.4 is 0 Å². The molecule has 1 rings (SSSR count). The van der Waals surface area contributed by atoms with Gasteiger partial charge in [0.2, 0.25) is 0 Å². The number of ketones is 1. The highest BCUT2D eigenvalue weighted by Gasteiger charge is 2.30. The van der Waals surface area contributed by atoms with Crippen LogP contribution in [-0.4, -0.2) is 10.7 Å². The van der Waals surface area contributed by atoms with Gasteiger partial charge in [-0.15, -0.1) is 11.6 Å². The van der Waals surface area contributed by atoms with Crippen molar-refractivity contribution < 1.29 is 4.79 Å². The van der Waals surface area contributed by atoms with Gasteiger partial charge in [-0.05, 0) is 32.6 Å². The summed E-state index contributed by atoms with van der Waals surface area (Å²) in [6, 6.07) is 0. The van der Waals surface area contributed by atoms with Crippen LogP contribution in [0.1, 0.15) is 39.5 Å². The van der Waals surface area contributed by atoms with Gasteiger partial charge >= 0.3 is 0 Å². The summed E-state index contributed by atoms with van der Waals surface area (Å²) >= 11 is 6.15. The largest absolute Gasteiger partial charge is 0.300 e. The first kappa shape index (κ1) is 9.05. The fourth-order valence-corrected chi connectivity index (χ4v) is 1.84. The van der Waals surface area contributed by atoms with Gasteiger partial charge in [0.1, 0.15) is 5.78 Å². The number of carbonyl (C=O) groups is 1. The van der Waals surface area contributed by atoms with Gasteiger partial charge in [0.15, 0.2) is 0 Å². The molecule has 1 saturated carbocycles. The molecule has 1 fully saturated rings. The van der Waals surface area contributed by atoms with E-state index in [0.717, 1.165) is 25.7 Å². The van der Waals surface area contributed by atoms with Gasteiger partial charge in [-0.1, -0.05) is 0 Å². The number of alkyl halides is 1. The van der Waals surface area contributed by atoms with Crippen LogP contribution in [0.25, 0.3) is 0 Å². The van der Waals surface area contributed by atoms with Crippen LogP contribution in [0, 0.1) is 5.92 Å². The molecule has 1 nitrogen and oxygen atoms in total. The van der Waals surface area contributed by atoms with E-state index in [4.69, 9.17) is 11.6 Å². The summed E-state index contributed by atoms with van der Waals surface area (Å²) in [4.78, 5) is 10.8. The Kier molecular flexibility index (Phi) is 2.58. The second-order valence-electron chi connectivity index (χ2n) is 3.88. The van der Waals surface area contributed by atoms with Crippen LogP contribution >= 0.6 is 11.6 Å². The summed E-state index contributed by atoms with van der Waals surface area (Å²) in [5.41, 5.74) is 0. The van der Waals surface area contributed by atoms with Crippen molar-refractivity contribution in [2.45, 2.75) is 44.4 Å². The molecule has 0 heterocycles. The lowest BCUT2D eigenvalue weighted by Crippen LogP contribution is -2.29. The van der Waals surface area contributed by atoms with Gasteiger partial charge in [-0.3, -0.25) is 4.79 Å². The summed E-state index contributed by atoms with van der Waals surface area (Å²) in [6.45, 7) is 4.07. The third kappa shape index (κ3) is 2.48. The molecule has 0 unspecified atom stereocenters. The maximum Gasteiger partial charge on any atom is 0.132 e. The Labute approximate surface area is 73.1 Å². The van der Waals surface area contributed by atoms with E-state index in [-0.39, 0.29) is 4.87 Å². The Balaban J connectivity index is 2.45. The zero-order valence-electron chi connectivity index (χ0n) is 7.19. The summed E-state index contributed by atoms with van der Waals surface area (Å²) < 4.78 is 0. The van der Waals surface area contributed by atoms with Gasteiger partial charge in [-0.25, -0.2) is 0 Å². The average Bonchev–Trinajstić information content (AvgIpc) is 1.86. The fourth-order valence-electron chi connectivity index (χ4n) is 1.63. The van der Waals surface area contributed by atoms with Crippen LogP contribution in [0.3, 0.4) is 0 Å². The third-order valence-corrected chi connectivity index (χ3v) is 2.82. The summed E-state index contributed by atoms with van der Waals surface area (Å²) in [7, 11) is 0. The lowest BCUT2D eigenvalue weighted by molar-refractivity contribution is -0.121. The topological polar surface area (TPSA) is 17.1 Å². The van der Waals surface area contributed by atoms with Crippen molar-refractivity contribution in [2.24, 2.45) is 5.92 Å². The summed E-state index contributed by atoms with van der Waals surface area (Å²) in [5.74, 6) is 0.934. The molecule has 11 heavy (non-hydrogen) atoms. The minimum absolute atomic E-state index is 0.124. The lowest BCUT2D eigenvalue weighted by atomic mass is 9.81. The molecule has 1 aliphatic rings. The quantitative estimate of drug-likeness (QED) is 0.559. The number of carbonyl (C=O) groups excluding carboxylic acids is 1. The Morgan fingerprint density at radius 1 is 1.36 bits per heavy atom. The van der Waals surface area contributed by atoms with E-state index in [2.05, 4.69) is 0 Å². The van der Waals surface area contributed by atoms with Crippen molar-refractivity contribution in [3.8, 4) is 0 Å². The molecule has 1 aliphatic carbocycles. The molecular weight excluding hydrogens is 160 g/mol. The summed E-state index contributed by atoms with van der Waals surface area (Å²) in [5, 5.41) is 0. The van der Waals surface area contributed by atoms with Gasteiger partial charge < -0.3 is 0 Å². The Hall–Kier alpha value is -0.0400. The molecule has 0 aliphatic heterocycles. The molecule has 0 aromatic rings. The zero-order valence-corrected chi connectivity index (χ0v) is 7.95. The normalized spacial score (nSPS) is 22.3. The number of hydrogen-bond donors (Lipinski definition) is 0. The highest BCUT2D eigenvalue weighted by molar-refractivity contribution is 6.23. The van der Waals surface area contributed by atoms with Crippen molar-refractivity contribution >= 4 is 17.4 Å². The molecule has 0 spiro atoms. The number of hydrogen-bond acceptors (Lipinski definition) is 1. The molecule has 0 aromatic carbocycles. The maximum atomic E-state index is 10.9. The van der Waals surface area contributed by atoms with Gasteiger partial charge in [0.25, 0.3) is 0 Å². The van der Waals surface area contributed by atoms with Gasteiger partial charge in [0.05, 0.1) is 0 Å². The van der Waals surface area contributed by atoms with Crippen molar-refractivity contribution in [2.75, 3.05) is 0 Å². The minimum atomic E-state index is -0.124. The lowest BCUT2D eigenvalue weighted by Gasteiger charge is -2.30. The predicted molar refractivity (Wildman–Crippen MR) is 46.9 cm³/mol. The van der Waals surface area contributed by atoms with Gasteiger partial charge in [-0.2, -0.15) is 0 Å². The fraction of sp³-hybridized carbons (Fsp3) is 0.889. The molecule has 0 radical (unpaired) electrons. The van der Waals surface area contributed by atoms with E-state index in [0.29, 0.717) is 11.7 Å².